The van der Waals surface area contributed by atoms with Gasteiger partial charge in [0.05, 0.1) is 10.5 Å². The van der Waals surface area contributed by atoms with Crippen molar-refractivity contribution < 1.29 is 19.2 Å². The molecule has 1 N–H and O–H groups in total. The summed E-state index contributed by atoms with van der Waals surface area (Å²) < 4.78 is 5.16. The average Bonchev–Trinajstić information content (AvgIpc) is 3.45. The van der Waals surface area contributed by atoms with Crippen molar-refractivity contribution in [2.24, 2.45) is 0 Å². The quantitative estimate of drug-likeness (QED) is 0.457. The van der Waals surface area contributed by atoms with E-state index in [1.807, 2.05) is 31.2 Å². The van der Waals surface area contributed by atoms with Gasteiger partial charge in [0.25, 0.3) is 11.6 Å². The molecule has 1 amide bonds. The summed E-state index contributed by atoms with van der Waals surface area (Å²) in [4.78, 5) is 37.5. The topological polar surface area (TPSA) is 102 Å². The van der Waals surface area contributed by atoms with Crippen molar-refractivity contribution in [3.8, 4) is 0 Å². The molecule has 1 aliphatic heterocycles. The zero-order valence-corrected chi connectivity index (χ0v) is 16.0. The number of nitro benzene ring substituents is 1. The van der Waals surface area contributed by atoms with Gasteiger partial charge < -0.3 is 15.0 Å². The van der Waals surface area contributed by atoms with Crippen LogP contribution in [-0.2, 0) is 16.0 Å². The number of ether oxygens (including phenoxy) is 1. The Hall–Kier alpha value is -3.42. The lowest BCUT2D eigenvalue weighted by molar-refractivity contribution is -0.384. The molecule has 150 valence electrons. The van der Waals surface area contributed by atoms with E-state index in [-0.39, 0.29) is 29.2 Å². The van der Waals surface area contributed by atoms with Crippen LogP contribution in [0.4, 0.5) is 17.1 Å². The maximum atomic E-state index is 12.6. The monoisotopic (exact) mass is 395 g/mol. The second kappa shape index (κ2) is 7.54. The minimum absolute atomic E-state index is 0.0209. The van der Waals surface area contributed by atoms with Gasteiger partial charge in [-0.2, -0.15) is 0 Å². The van der Waals surface area contributed by atoms with Crippen LogP contribution < -0.4 is 10.2 Å². The second-order valence-corrected chi connectivity index (χ2v) is 7.43. The first-order valence-electron chi connectivity index (χ1n) is 9.56. The molecule has 0 spiro atoms. The number of anilines is 2. The number of benzene rings is 2. The van der Waals surface area contributed by atoms with Gasteiger partial charge in [-0.25, -0.2) is 4.79 Å². The van der Waals surface area contributed by atoms with Gasteiger partial charge in [-0.05, 0) is 49.9 Å². The standard InChI is InChI=1S/C21H21N3O5/c1-13-10-14-4-2-3-5-18(14)23(13)20(25)12-29-21(26)15-6-9-17(22-16-7-8-16)19(11-15)24(27)28/h2-6,9,11,13,16,22H,7-8,10,12H2,1H3/t13-/m0/s1. The van der Waals surface area contributed by atoms with E-state index in [1.54, 1.807) is 4.90 Å². The zero-order chi connectivity index (χ0) is 20.5. The molecule has 29 heavy (non-hydrogen) atoms. The molecular weight excluding hydrogens is 374 g/mol. The average molecular weight is 395 g/mol. The molecule has 8 heteroatoms. The normalized spacial score (nSPS) is 17.6. The maximum absolute atomic E-state index is 12.6. The molecule has 0 unspecified atom stereocenters. The molecule has 0 saturated heterocycles. The predicted octanol–water partition coefficient (Wildman–Crippen LogP) is 3.30. The summed E-state index contributed by atoms with van der Waals surface area (Å²) in [5, 5.41) is 14.4. The van der Waals surface area contributed by atoms with Crippen molar-refractivity contribution in [3.05, 3.63) is 63.7 Å². The molecule has 8 nitrogen and oxygen atoms in total. The summed E-state index contributed by atoms with van der Waals surface area (Å²) >= 11 is 0. The van der Waals surface area contributed by atoms with Crippen molar-refractivity contribution in [3.63, 3.8) is 0 Å². The van der Waals surface area contributed by atoms with Crippen LogP contribution in [0.1, 0.15) is 35.7 Å². The van der Waals surface area contributed by atoms with E-state index in [1.165, 1.54) is 18.2 Å². The number of amides is 1. The van der Waals surface area contributed by atoms with Crippen molar-refractivity contribution >= 4 is 28.9 Å². The highest BCUT2D eigenvalue weighted by atomic mass is 16.6. The fourth-order valence-electron chi connectivity index (χ4n) is 3.61. The lowest BCUT2D eigenvalue weighted by Crippen LogP contribution is -2.38. The summed E-state index contributed by atoms with van der Waals surface area (Å²) in [5.74, 6) is -1.09. The smallest absolute Gasteiger partial charge is 0.338 e. The Morgan fingerprint density at radius 3 is 2.72 bits per heavy atom. The predicted molar refractivity (Wildman–Crippen MR) is 107 cm³/mol. The van der Waals surface area contributed by atoms with Crippen LogP contribution in [0.5, 0.6) is 0 Å². The molecule has 2 aromatic carbocycles. The number of fused-ring (bicyclic) bond motifs is 1. The van der Waals surface area contributed by atoms with E-state index in [4.69, 9.17) is 4.74 Å². The largest absolute Gasteiger partial charge is 0.452 e. The number of nitro groups is 1. The van der Waals surface area contributed by atoms with Crippen LogP contribution in [0.3, 0.4) is 0 Å². The van der Waals surface area contributed by atoms with E-state index >= 15 is 0 Å². The Labute approximate surface area is 167 Å². The number of nitrogens with zero attached hydrogens (tertiary/aromatic N) is 2. The Kier molecular flexibility index (Phi) is 4.92. The third-order valence-electron chi connectivity index (χ3n) is 5.17. The van der Waals surface area contributed by atoms with Crippen molar-refractivity contribution in [1.29, 1.82) is 0 Å². The molecule has 1 fully saturated rings. The Morgan fingerprint density at radius 1 is 1.24 bits per heavy atom. The molecular formula is C21H21N3O5. The van der Waals surface area contributed by atoms with Crippen molar-refractivity contribution in [2.45, 2.75) is 38.3 Å². The fraction of sp³-hybridized carbons (Fsp3) is 0.333. The first kappa shape index (κ1) is 18.9. The molecule has 1 atom stereocenters. The minimum Gasteiger partial charge on any atom is -0.452 e. The van der Waals surface area contributed by atoms with Gasteiger partial charge >= 0.3 is 5.97 Å². The summed E-state index contributed by atoms with van der Waals surface area (Å²) in [6, 6.07) is 12.0. The van der Waals surface area contributed by atoms with E-state index in [9.17, 15) is 19.7 Å². The summed E-state index contributed by atoms with van der Waals surface area (Å²) in [7, 11) is 0. The van der Waals surface area contributed by atoms with Crippen LogP contribution in [0.15, 0.2) is 42.5 Å². The Bertz CT molecular complexity index is 986. The van der Waals surface area contributed by atoms with Crippen molar-refractivity contribution in [2.75, 3.05) is 16.8 Å². The SMILES string of the molecule is C[C@H]1Cc2ccccc2N1C(=O)COC(=O)c1ccc(NC2CC2)c([N+](=O)[O-])c1. The fourth-order valence-corrected chi connectivity index (χ4v) is 3.61. The van der Waals surface area contributed by atoms with Gasteiger partial charge in [0.15, 0.2) is 6.61 Å². The van der Waals surface area contributed by atoms with E-state index in [0.29, 0.717) is 5.69 Å². The van der Waals surface area contributed by atoms with Gasteiger partial charge in [-0.1, -0.05) is 18.2 Å². The molecule has 0 bridgehead atoms. The van der Waals surface area contributed by atoms with Gasteiger partial charge in [-0.15, -0.1) is 0 Å². The number of carbonyl (C=O) groups is 2. The minimum atomic E-state index is -0.764. The van der Waals surface area contributed by atoms with E-state index in [0.717, 1.165) is 30.5 Å². The number of esters is 1. The number of para-hydroxylation sites is 1. The summed E-state index contributed by atoms with van der Waals surface area (Å²) in [6.45, 7) is 1.52. The van der Waals surface area contributed by atoms with Crippen LogP contribution in [0.2, 0.25) is 0 Å². The molecule has 1 saturated carbocycles. The third-order valence-corrected chi connectivity index (χ3v) is 5.17. The number of rotatable bonds is 6. The van der Waals surface area contributed by atoms with Crippen LogP contribution in [0.25, 0.3) is 0 Å². The maximum Gasteiger partial charge on any atom is 0.338 e. The highest BCUT2D eigenvalue weighted by molar-refractivity contribution is 5.99. The molecule has 0 radical (unpaired) electrons. The second-order valence-electron chi connectivity index (χ2n) is 7.43. The first-order valence-corrected chi connectivity index (χ1v) is 9.56. The lowest BCUT2D eigenvalue weighted by atomic mass is 10.1. The molecule has 1 heterocycles. The van der Waals surface area contributed by atoms with Gasteiger partial charge in [0.1, 0.15) is 5.69 Å². The Balaban J connectivity index is 1.44. The summed E-state index contributed by atoms with van der Waals surface area (Å²) in [5.41, 5.74) is 2.15. The number of carbonyl (C=O) groups excluding carboxylic acids is 2. The van der Waals surface area contributed by atoms with Crippen LogP contribution in [0, 0.1) is 10.1 Å². The van der Waals surface area contributed by atoms with Crippen LogP contribution >= 0.6 is 0 Å². The Morgan fingerprint density at radius 2 is 2.00 bits per heavy atom. The zero-order valence-electron chi connectivity index (χ0n) is 16.0. The molecule has 2 aromatic rings. The molecule has 2 aliphatic rings. The van der Waals surface area contributed by atoms with Crippen LogP contribution in [-0.4, -0.2) is 35.5 Å². The third kappa shape index (κ3) is 3.91. The number of nitrogens with one attached hydrogen (secondary N) is 1. The molecule has 0 aromatic heterocycles. The van der Waals surface area contributed by atoms with Gasteiger partial charge in [0.2, 0.25) is 0 Å². The highest BCUT2D eigenvalue weighted by Gasteiger charge is 2.31. The molecule has 1 aliphatic carbocycles. The first-order chi connectivity index (χ1) is 13.9. The van der Waals surface area contributed by atoms with E-state index < -0.39 is 17.5 Å². The van der Waals surface area contributed by atoms with Crippen molar-refractivity contribution in [1.82, 2.24) is 0 Å². The molecule has 4 rings (SSSR count). The number of hydrogen-bond donors (Lipinski definition) is 1. The number of hydrogen-bond acceptors (Lipinski definition) is 6. The summed E-state index contributed by atoms with van der Waals surface area (Å²) in [6.07, 6.45) is 2.69. The van der Waals surface area contributed by atoms with Gasteiger partial charge in [0, 0.05) is 23.8 Å². The van der Waals surface area contributed by atoms with E-state index in [2.05, 4.69) is 5.32 Å². The highest BCUT2D eigenvalue weighted by Crippen LogP contribution is 2.33. The van der Waals surface area contributed by atoms with Gasteiger partial charge in [-0.3, -0.25) is 14.9 Å². The lowest BCUT2D eigenvalue weighted by Gasteiger charge is -2.22.